The Morgan fingerprint density at radius 3 is 2.45 bits per heavy atom. The van der Waals surface area contributed by atoms with E-state index in [1.807, 2.05) is 48.7 Å². The molecule has 2 aromatic rings. The molecule has 1 aliphatic heterocycles. The first-order chi connectivity index (χ1) is 10.9. The van der Waals surface area contributed by atoms with Crippen LogP contribution in [0.1, 0.15) is 30.5 Å². The van der Waals surface area contributed by atoms with Crippen molar-refractivity contribution in [3.05, 3.63) is 66.0 Å². The first-order valence-corrected chi connectivity index (χ1v) is 7.90. The molecule has 0 N–H and O–H groups in total. The number of anilines is 1. The molecule has 1 saturated heterocycles. The monoisotopic (exact) mass is 291 g/mol. The van der Waals surface area contributed by atoms with Gasteiger partial charge < -0.3 is 4.90 Å². The quantitative estimate of drug-likeness (QED) is 0.791. The molecular weight excluding hydrogens is 270 g/mol. The van der Waals surface area contributed by atoms with E-state index in [0.29, 0.717) is 0 Å². The van der Waals surface area contributed by atoms with Gasteiger partial charge in [0.25, 0.3) is 0 Å². The number of hydrogen-bond donors (Lipinski definition) is 0. The topological polar surface area (TPSA) is 29.0 Å². The maximum atomic E-state index is 4.64. The summed E-state index contributed by atoms with van der Waals surface area (Å²) in [6.07, 6.45) is 13.8. The summed E-state index contributed by atoms with van der Waals surface area (Å²) in [5.74, 6) is 0.855. The van der Waals surface area contributed by atoms with Crippen LogP contribution in [0.25, 0.3) is 12.2 Å². The Kier molecular flexibility index (Phi) is 4.98. The Balaban J connectivity index is 1.65. The lowest BCUT2D eigenvalue weighted by molar-refractivity contribution is 0.568. The second-order valence-corrected chi connectivity index (χ2v) is 5.46. The van der Waals surface area contributed by atoms with Crippen molar-refractivity contribution in [2.24, 2.45) is 0 Å². The largest absolute Gasteiger partial charge is 0.341 e. The number of allylic oxidation sites excluding steroid dienone is 2. The van der Waals surface area contributed by atoms with Gasteiger partial charge in [0.05, 0.1) is 5.69 Å². The van der Waals surface area contributed by atoms with Gasteiger partial charge >= 0.3 is 0 Å². The number of hydrogen-bond acceptors (Lipinski definition) is 3. The van der Waals surface area contributed by atoms with E-state index in [2.05, 4.69) is 33.1 Å². The third-order valence-corrected chi connectivity index (χ3v) is 3.77. The summed E-state index contributed by atoms with van der Waals surface area (Å²) < 4.78 is 0. The van der Waals surface area contributed by atoms with Gasteiger partial charge in [-0.05, 0) is 37.0 Å². The molecule has 0 unspecified atom stereocenters. The van der Waals surface area contributed by atoms with Crippen LogP contribution in [0.2, 0.25) is 0 Å². The number of benzene rings is 1. The van der Waals surface area contributed by atoms with Gasteiger partial charge in [0.1, 0.15) is 0 Å². The highest BCUT2D eigenvalue weighted by atomic mass is 15.2. The van der Waals surface area contributed by atoms with Gasteiger partial charge in [-0.2, -0.15) is 0 Å². The fraction of sp³-hybridized carbons (Fsp3) is 0.263. The summed E-state index contributed by atoms with van der Waals surface area (Å²) in [7, 11) is 0. The molecule has 0 bridgehead atoms. The molecule has 0 aliphatic carbocycles. The van der Waals surface area contributed by atoms with E-state index in [1.54, 1.807) is 0 Å². The zero-order valence-electron chi connectivity index (χ0n) is 12.7. The molecule has 3 nitrogen and oxygen atoms in total. The SMILES string of the molecule is C(=C/c1ccccc1)/C=C/c1ccnc(N2CCCCC2)n1. The zero-order valence-corrected chi connectivity index (χ0v) is 12.7. The first kappa shape index (κ1) is 14.5. The number of aromatic nitrogens is 2. The highest BCUT2D eigenvalue weighted by Crippen LogP contribution is 2.15. The van der Waals surface area contributed by atoms with Crippen molar-refractivity contribution in [2.45, 2.75) is 19.3 Å². The van der Waals surface area contributed by atoms with Crippen molar-refractivity contribution < 1.29 is 0 Å². The number of rotatable bonds is 4. The lowest BCUT2D eigenvalue weighted by Crippen LogP contribution is -2.31. The van der Waals surface area contributed by atoms with E-state index in [9.17, 15) is 0 Å². The van der Waals surface area contributed by atoms with E-state index in [0.717, 1.165) is 24.7 Å². The van der Waals surface area contributed by atoms with Gasteiger partial charge in [0.15, 0.2) is 0 Å². The molecule has 1 aromatic heterocycles. The first-order valence-electron chi connectivity index (χ1n) is 7.90. The van der Waals surface area contributed by atoms with Crippen molar-refractivity contribution in [1.29, 1.82) is 0 Å². The van der Waals surface area contributed by atoms with Gasteiger partial charge in [0, 0.05) is 19.3 Å². The molecule has 22 heavy (non-hydrogen) atoms. The average molecular weight is 291 g/mol. The lowest BCUT2D eigenvalue weighted by atomic mass is 10.1. The molecule has 1 aromatic carbocycles. The van der Waals surface area contributed by atoms with Crippen molar-refractivity contribution in [1.82, 2.24) is 9.97 Å². The summed E-state index contributed by atoms with van der Waals surface area (Å²) in [6.45, 7) is 2.14. The molecule has 0 radical (unpaired) electrons. The minimum atomic E-state index is 0.855. The van der Waals surface area contributed by atoms with Gasteiger partial charge in [-0.15, -0.1) is 0 Å². The van der Waals surface area contributed by atoms with Crippen LogP contribution in [-0.2, 0) is 0 Å². The van der Waals surface area contributed by atoms with Gasteiger partial charge in [0.2, 0.25) is 5.95 Å². The van der Waals surface area contributed by atoms with Crippen LogP contribution >= 0.6 is 0 Å². The number of nitrogens with zero attached hydrogens (tertiary/aromatic N) is 3. The lowest BCUT2D eigenvalue weighted by Gasteiger charge is -2.26. The van der Waals surface area contributed by atoms with Gasteiger partial charge in [-0.1, -0.05) is 48.6 Å². The van der Waals surface area contributed by atoms with Crippen LogP contribution in [0.4, 0.5) is 5.95 Å². The van der Waals surface area contributed by atoms with Crippen LogP contribution in [0.15, 0.2) is 54.7 Å². The van der Waals surface area contributed by atoms with Gasteiger partial charge in [-0.25, -0.2) is 9.97 Å². The van der Waals surface area contributed by atoms with Crippen LogP contribution in [0.5, 0.6) is 0 Å². The standard InChI is InChI=1S/C19H21N3/c1-3-9-17(10-4-1)11-5-6-12-18-13-14-20-19(21-18)22-15-7-2-8-16-22/h1,3-6,9-14H,2,7-8,15-16H2/b11-5-,12-6+. The van der Waals surface area contributed by atoms with Crippen molar-refractivity contribution in [3.8, 4) is 0 Å². The van der Waals surface area contributed by atoms with E-state index in [4.69, 9.17) is 0 Å². The zero-order chi connectivity index (χ0) is 15.0. The van der Waals surface area contributed by atoms with Crippen molar-refractivity contribution in [3.63, 3.8) is 0 Å². The molecular formula is C19H21N3. The Hall–Kier alpha value is -2.42. The maximum Gasteiger partial charge on any atom is 0.225 e. The Labute approximate surface area is 132 Å². The van der Waals surface area contributed by atoms with E-state index >= 15 is 0 Å². The molecule has 0 spiro atoms. The van der Waals surface area contributed by atoms with E-state index < -0.39 is 0 Å². The molecule has 1 fully saturated rings. The van der Waals surface area contributed by atoms with E-state index in [1.165, 1.54) is 24.8 Å². The molecule has 0 saturated carbocycles. The highest BCUT2D eigenvalue weighted by Gasteiger charge is 2.12. The normalized spacial score (nSPS) is 15.7. The average Bonchev–Trinajstić information content (AvgIpc) is 2.61. The third kappa shape index (κ3) is 4.04. The molecule has 3 heteroatoms. The maximum absolute atomic E-state index is 4.64. The Morgan fingerprint density at radius 2 is 1.64 bits per heavy atom. The van der Waals surface area contributed by atoms with Crippen LogP contribution in [-0.4, -0.2) is 23.1 Å². The predicted molar refractivity (Wildman–Crippen MR) is 92.6 cm³/mol. The van der Waals surface area contributed by atoms with Crippen molar-refractivity contribution in [2.75, 3.05) is 18.0 Å². The molecule has 2 heterocycles. The summed E-state index contributed by atoms with van der Waals surface area (Å²) in [4.78, 5) is 11.3. The Morgan fingerprint density at radius 1 is 0.864 bits per heavy atom. The van der Waals surface area contributed by atoms with E-state index in [-0.39, 0.29) is 0 Å². The second-order valence-electron chi connectivity index (χ2n) is 5.46. The summed E-state index contributed by atoms with van der Waals surface area (Å²) >= 11 is 0. The fourth-order valence-electron chi connectivity index (χ4n) is 2.59. The summed E-state index contributed by atoms with van der Waals surface area (Å²) in [6, 6.07) is 12.2. The van der Waals surface area contributed by atoms with Crippen LogP contribution in [0, 0.1) is 0 Å². The minimum Gasteiger partial charge on any atom is -0.341 e. The smallest absolute Gasteiger partial charge is 0.225 e. The molecule has 112 valence electrons. The van der Waals surface area contributed by atoms with Crippen LogP contribution in [0.3, 0.4) is 0 Å². The van der Waals surface area contributed by atoms with Crippen molar-refractivity contribution >= 4 is 18.1 Å². The third-order valence-electron chi connectivity index (χ3n) is 3.77. The summed E-state index contributed by atoms with van der Waals surface area (Å²) in [5, 5.41) is 0. The Bertz CT molecular complexity index is 641. The van der Waals surface area contributed by atoms with Crippen LogP contribution < -0.4 is 4.90 Å². The molecule has 3 rings (SSSR count). The molecule has 0 amide bonds. The van der Waals surface area contributed by atoms with Gasteiger partial charge in [-0.3, -0.25) is 0 Å². The number of piperidine rings is 1. The fourth-order valence-corrected chi connectivity index (χ4v) is 2.59. The minimum absolute atomic E-state index is 0.855. The highest BCUT2D eigenvalue weighted by molar-refractivity contribution is 5.55. The predicted octanol–water partition coefficient (Wildman–Crippen LogP) is 4.19. The summed E-state index contributed by atoms with van der Waals surface area (Å²) in [5.41, 5.74) is 2.15. The molecule has 1 aliphatic rings. The second kappa shape index (κ2) is 7.55. The molecule has 0 atom stereocenters.